The third-order valence-corrected chi connectivity index (χ3v) is 5.51. The number of esters is 2. The molecule has 202 valence electrons. The average molecular weight is 520 g/mol. The first kappa shape index (κ1) is 28.8. The molecule has 1 heterocycles. The molecule has 0 atom stereocenters. The van der Waals surface area contributed by atoms with Crippen LogP contribution < -0.4 is 4.90 Å². The van der Waals surface area contributed by atoms with Gasteiger partial charge < -0.3 is 14.4 Å². The van der Waals surface area contributed by atoms with Gasteiger partial charge in [-0.25, -0.2) is 4.99 Å². The van der Waals surface area contributed by atoms with E-state index in [1.54, 1.807) is 18.3 Å². The highest BCUT2D eigenvalue weighted by atomic mass is 16.6. The van der Waals surface area contributed by atoms with Crippen molar-refractivity contribution < 1.29 is 23.9 Å². The van der Waals surface area contributed by atoms with Crippen LogP contribution in [0.25, 0.3) is 0 Å². The van der Waals surface area contributed by atoms with Gasteiger partial charge in [-0.05, 0) is 96.5 Å². The standard InChI is InChI=1S/C30H37N3O5/c1-20-19-21(10-11-23(20)32-24-12-13-25(34)28-22(24)9-8-16-31-28)33(17-14-26(35)37-29(2,3)4)18-15-27(36)38-30(5,6)7/h8-13,16,19H,14-15,17-18H2,1-7H3. The second kappa shape index (κ2) is 11.7. The van der Waals surface area contributed by atoms with Gasteiger partial charge in [0, 0.05) is 30.5 Å². The molecular formula is C30H37N3O5. The molecule has 2 aromatic rings. The molecule has 0 saturated heterocycles. The molecule has 1 aromatic carbocycles. The normalized spacial score (nSPS) is 14.3. The van der Waals surface area contributed by atoms with E-state index in [-0.39, 0.29) is 30.6 Å². The highest BCUT2D eigenvalue weighted by Crippen LogP contribution is 2.28. The Bertz CT molecular complexity index is 1230. The highest BCUT2D eigenvalue weighted by molar-refractivity contribution is 6.23. The van der Waals surface area contributed by atoms with Gasteiger partial charge in [0.25, 0.3) is 0 Å². The van der Waals surface area contributed by atoms with Crippen LogP contribution >= 0.6 is 0 Å². The summed E-state index contributed by atoms with van der Waals surface area (Å²) < 4.78 is 10.9. The van der Waals surface area contributed by atoms with E-state index in [9.17, 15) is 14.4 Å². The van der Waals surface area contributed by atoms with E-state index >= 15 is 0 Å². The zero-order valence-corrected chi connectivity index (χ0v) is 23.3. The summed E-state index contributed by atoms with van der Waals surface area (Å²) in [5, 5.41) is 0. The molecule has 3 rings (SSSR count). The summed E-state index contributed by atoms with van der Waals surface area (Å²) in [4.78, 5) is 47.9. The van der Waals surface area contributed by atoms with E-state index in [2.05, 4.69) is 4.98 Å². The summed E-state index contributed by atoms with van der Waals surface area (Å²) in [6, 6.07) is 9.40. The summed E-state index contributed by atoms with van der Waals surface area (Å²) in [6.45, 7) is 13.7. The molecule has 8 nitrogen and oxygen atoms in total. The molecule has 0 radical (unpaired) electrons. The molecule has 0 spiro atoms. The van der Waals surface area contributed by atoms with Crippen molar-refractivity contribution in [2.75, 3.05) is 18.0 Å². The maximum atomic E-state index is 12.4. The summed E-state index contributed by atoms with van der Waals surface area (Å²) in [7, 11) is 0. The number of carbonyl (C=O) groups excluding carboxylic acids is 3. The van der Waals surface area contributed by atoms with Crippen molar-refractivity contribution in [2.24, 2.45) is 4.99 Å². The minimum atomic E-state index is -0.567. The Hall–Kier alpha value is -3.81. The molecule has 0 amide bonds. The Labute approximate surface area is 224 Å². The first-order valence-electron chi connectivity index (χ1n) is 12.8. The molecule has 38 heavy (non-hydrogen) atoms. The number of nitrogens with zero attached hydrogens (tertiary/aromatic N) is 3. The van der Waals surface area contributed by atoms with Crippen LogP contribution in [0.2, 0.25) is 0 Å². The Morgan fingerprint density at radius 3 is 2.08 bits per heavy atom. The topological polar surface area (TPSA) is 98.2 Å². The van der Waals surface area contributed by atoms with Gasteiger partial charge in [0.15, 0.2) is 0 Å². The molecule has 1 aromatic heterocycles. The predicted molar refractivity (Wildman–Crippen MR) is 148 cm³/mol. The third-order valence-electron chi connectivity index (χ3n) is 5.51. The molecule has 0 aliphatic heterocycles. The van der Waals surface area contributed by atoms with Gasteiger partial charge in [0.2, 0.25) is 5.78 Å². The van der Waals surface area contributed by atoms with Gasteiger partial charge in [-0.1, -0.05) is 0 Å². The second-order valence-electron chi connectivity index (χ2n) is 11.2. The molecule has 0 bridgehead atoms. The van der Waals surface area contributed by atoms with E-state index in [0.717, 1.165) is 16.9 Å². The average Bonchev–Trinajstić information content (AvgIpc) is 2.80. The van der Waals surface area contributed by atoms with Crippen molar-refractivity contribution in [3.63, 3.8) is 0 Å². The van der Waals surface area contributed by atoms with Gasteiger partial charge >= 0.3 is 11.9 Å². The van der Waals surface area contributed by atoms with Crippen LogP contribution in [0.1, 0.15) is 76.0 Å². The largest absolute Gasteiger partial charge is 0.460 e. The lowest BCUT2D eigenvalue weighted by atomic mass is 9.99. The van der Waals surface area contributed by atoms with Gasteiger partial charge in [0.05, 0.1) is 24.2 Å². The number of anilines is 1. The lowest BCUT2D eigenvalue weighted by molar-refractivity contribution is -0.155. The number of pyridine rings is 1. The van der Waals surface area contributed by atoms with Crippen LogP contribution in [-0.4, -0.2) is 52.7 Å². The van der Waals surface area contributed by atoms with E-state index in [1.807, 2.05) is 77.6 Å². The molecule has 0 unspecified atom stereocenters. The quantitative estimate of drug-likeness (QED) is 0.423. The zero-order valence-electron chi connectivity index (χ0n) is 23.3. The number of ketones is 1. The number of hydrogen-bond donors (Lipinski definition) is 0. The van der Waals surface area contributed by atoms with E-state index < -0.39 is 11.2 Å². The second-order valence-corrected chi connectivity index (χ2v) is 11.2. The zero-order chi connectivity index (χ0) is 28.1. The maximum absolute atomic E-state index is 12.4. The fourth-order valence-corrected chi connectivity index (χ4v) is 3.93. The van der Waals surface area contributed by atoms with Crippen LogP contribution in [0.4, 0.5) is 11.4 Å². The van der Waals surface area contributed by atoms with Crippen molar-refractivity contribution >= 4 is 34.8 Å². The van der Waals surface area contributed by atoms with E-state index in [1.165, 1.54) is 6.08 Å². The number of allylic oxidation sites excluding steroid dienone is 2. The fourth-order valence-electron chi connectivity index (χ4n) is 3.93. The Kier molecular flexibility index (Phi) is 8.86. The minimum Gasteiger partial charge on any atom is -0.460 e. The number of fused-ring (bicyclic) bond motifs is 1. The highest BCUT2D eigenvalue weighted by Gasteiger charge is 2.21. The summed E-state index contributed by atoms with van der Waals surface area (Å²) in [5.41, 5.74) is 3.12. The van der Waals surface area contributed by atoms with Crippen molar-refractivity contribution in [2.45, 2.75) is 72.5 Å². The Balaban J connectivity index is 1.83. The lowest BCUT2D eigenvalue weighted by Gasteiger charge is -2.27. The number of benzene rings is 1. The fraction of sp³-hybridized carbons (Fsp3) is 0.433. The molecule has 8 heteroatoms. The molecular weight excluding hydrogens is 482 g/mol. The van der Waals surface area contributed by atoms with Gasteiger partial charge in [0.1, 0.15) is 16.9 Å². The lowest BCUT2D eigenvalue weighted by Crippen LogP contribution is -2.32. The first-order chi connectivity index (χ1) is 17.7. The smallest absolute Gasteiger partial charge is 0.308 e. The van der Waals surface area contributed by atoms with Crippen molar-refractivity contribution in [3.8, 4) is 0 Å². The minimum absolute atomic E-state index is 0.141. The number of carbonyl (C=O) groups is 3. The van der Waals surface area contributed by atoms with E-state index in [0.29, 0.717) is 30.1 Å². The Morgan fingerprint density at radius 1 is 0.921 bits per heavy atom. The number of aliphatic imine (C=N–C) groups is 1. The number of hydrogen-bond acceptors (Lipinski definition) is 8. The number of aromatic nitrogens is 1. The molecule has 0 fully saturated rings. The maximum Gasteiger partial charge on any atom is 0.308 e. The monoisotopic (exact) mass is 519 g/mol. The number of aryl methyl sites for hydroxylation is 1. The van der Waals surface area contributed by atoms with Crippen LogP contribution in [-0.2, 0) is 19.1 Å². The van der Waals surface area contributed by atoms with Gasteiger partial charge in [-0.3, -0.25) is 19.4 Å². The van der Waals surface area contributed by atoms with Gasteiger partial charge in [-0.2, -0.15) is 0 Å². The van der Waals surface area contributed by atoms with Crippen LogP contribution in [0.5, 0.6) is 0 Å². The van der Waals surface area contributed by atoms with Crippen molar-refractivity contribution in [1.29, 1.82) is 0 Å². The van der Waals surface area contributed by atoms with Crippen LogP contribution in [0, 0.1) is 6.92 Å². The number of rotatable bonds is 8. The van der Waals surface area contributed by atoms with Crippen molar-refractivity contribution in [3.05, 3.63) is 65.5 Å². The van der Waals surface area contributed by atoms with Crippen molar-refractivity contribution in [1.82, 2.24) is 4.98 Å². The number of ether oxygens (including phenoxy) is 2. The molecule has 0 N–H and O–H groups in total. The van der Waals surface area contributed by atoms with E-state index in [4.69, 9.17) is 14.5 Å². The summed E-state index contributed by atoms with van der Waals surface area (Å²) in [6.07, 6.45) is 5.13. The summed E-state index contributed by atoms with van der Waals surface area (Å²) >= 11 is 0. The third kappa shape index (κ3) is 8.36. The molecule has 1 aliphatic carbocycles. The Morgan fingerprint density at radius 2 is 1.53 bits per heavy atom. The molecule has 0 saturated carbocycles. The summed E-state index contributed by atoms with van der Waals surface area (Å²) in [5.74, 6) is -0.743. The predicted octanol–water partition coefficient (Wildman–Crippen LogP) is 5.53. The van der Waals surface area contributed by atoms with Gasteiger partial charge in [-0.15, -0.1) is 0 Å². The van der Waals surface area contributed by atoms with Crippen LogP contribution in [0.3, 0.4) is 0 Å². The first-order valence-corrected chi connectivity index (χ1v) is 12.8. The molecule has 1 aliphatic rings. The SMILES string of the molecule is Cc1cc(N(CCC(=O)OC(C)(C)C)CCC(=O)OC(C)(C)C)ccc1N=C1C=CC(=O)c2ncccc21. The van der Waals surface area contributed by atoms with Crippen LogP contribution in [0.15, 0.2) is 53.7 Å².